The van der Waals surface area contributed by atoms with E-state index in [0.29, 0.717) is 12.1 Å². The molecule has 1 aromatic carbocycles. The van der Waals surface area contributed by atoms with Gasteiger partial charge in [-0.1, -0.05) is 24.9 Å². The molecule has 0 aliphatic carbocycles. The second-order valence-electron chi connectivity index (χ2n) is 3.51. The molecule has 0 fully saturated rings. The van der Waals surface area contributed by atoms with Crippen LogP contribution in [0.2, 0.25) is 5.02 Å². The van der Waals surface area contributed by atoms with E-state index in [2.05, 4.69) is 5.32 Å². The third-order valence-corrected chi connectivity index (χ3v) is 2.43. The zero-order valence-corrected chi connectivity index (χ0v) is 9.72. The first-order valence-corrected chi connectivity index (χ1v) is 5.44. The van der Waals surface area contributed by atoms with Crippen LogP contribution in [-0.4, -0.2) is 11.9 Å². The summed E-state index contributed by atoms with van der Waals surface area (Å²) in [7, 11) is 0. The van der Waals surface area contributed by atoms with Crippen LogP contribution in [0.15, 0.2) is 18.2 Å². The van der Waals surface area contributed by atoms with E-state index in [1.807, 2.05) is 6.92 Å². The number of amides is 1. The molecule has 16 heavy (non-hydrogen) atoms. The van der Waals surface area contributed by atoms with Crippen LogP contribution < -0.4 is 11.1 Å². The molecule has 1 amide bonds. The predicted molar refractivity (Wildman–Crippen MR) is 62.9 cm³/mol. The lowest BCUT2D eigenvalue weighted by atomic mass is 10.1. The fourth-order valence-corrected chi connectivity index (χ4v) is 1.37. The second-order valence-corrected chi connectivity index (χ2v) is 3.92. The zero-order chi connectivity index (χ0) is 12.1. The number of nitrogens with one attached hydrogen (secondary N) is 1. The van der Waals surface area contributed by atoms with Gasteiger partial charge in [-0.05, 0) is 24.6 Å². The molecular formula is C11H14ClFN2O. The first kappa shape index (κ1) is 12.9. The van der Waals surface area contributed by atoms with Gasteiger partial charge in [0.2, 0.25) is 5.91 Å². The summed E-state index contributed by atoms with van der Waals surface area (Å²) in [6, 6.07) is 3.52. The molecule has 0 heterocycles. The SMILES string of the molecule is CCCC(N)C(=O)Nc1ccc(Cl)c(F)c1. The van der Waals surface area contributed by atoms with Gasteiger partial charge in [0, 0.05) is 5.69 Å². The van der Waals surface area contributed by atoms with Crippen molar-refractivity contribution in [1.82, 2.24) is 0 Å². The molecule has 3 nitrogen and oxygen atoms in total. The fourth-order valence-electron chi connectivity index (χ4n) is 1.25. The zero-order valence-electron chi connectivity index (χ0n) is 8.97. The number of halogens is 2. The van der Waals surface area contributed by atoms with Crippen molar-refractivity contribution in [1.29, 1.82) is 0 Å². The van der Waals surface area contributed by atoms with Gasteiger partial charge in [0.25, 0.3) is 0 Å². The number of benzene rings is 1. The Morgan fingerprint density at radius 3 is 2.88 bits per heavy atom. The van der Waals surface area contributed by atoms with Crippen LogP contribution >= 0.6 is 11.6 Å². The van der Waals surface area contributed by atoms with Gasteiger partial charge in [0.1, 0.15) is 5.82 Å². The summed E-state index contributed by atoms with van der Waals surface area (Å²) >= 11 is 5.52. The van der Waals surface area contributed by atoms with E-state index in [1.165, 1.54) is 18.2 Å². The Labute approximate surface area is 98.8 Å². The summed E-state index contributed by atoms with van der Waals surface area (Å²) in [6.07, 6.45) is 1.42. The third kappa shape index (κ3) is 3.47. The number of rotatable bonds is 4. The van der Waals surface area contributed by atoms with E-state index in [-0.39, 0.29) is 10.9 Å². The van der Waals surface area contributed by atoms with Gasteiger partial charge >= 0.3 is 0 Å². The van der Waals surface area contributed by atoms with Gasteiger partial charge in [0.05, 0.1) is 11.1 Å². The largest absolute Gasteiger partial charge is 0.325 e. The average Bonchev–Trinajstić information content (AvgIpc) is 2.24. The summed E-state index contributed by atoms with van der Waals surface area (Å²) in [4.78, 5) is 11.5. The Morgan fingerprint density at radius 1 is 1.62 bits per heavy atom. The Hall–Kier alpha value is -1.13. The van der Waals surface area contributed by atoms with Crippen LogP contribution in [0.3, 0.4) is 0 Å². The smallest absolute Gasteiger partial charge is 0.241 e. The van der Waals surface area contributed by atoms with Crippen molar-refractivity contribution in [2.45, 2.75) is 25.8 Å². The van der Waals surface area contributed by atoms with E-state index in [4.69, 9.17) is 17.3 Å². The van der Waals surface area contributed by atoms with E-state index in [9.17, 15) is 9.18 Å². The molecule has 0 aromatic heterocycles. The molecule has 1 atom stereocenters. The van der Waals surface area contributed by atoms with E-state index in [0.717, 1.165) is 6.42 Å². The number of nitrogens with two attached hydrogens (primary N) is 1. The molecule has 0 saturated carbocycles. The van der Waals surface area contributed by atoms with Crippen molar-refractivity contribution < 1.29 is 9.18 Å². The van der Waals surface area contributed by atoms with Gasteiger partial charge in [0.15, 0.2) is 0 Å². The lowest BCUT2D eigenvalue weighted by Gasteiger charge is -2.11. The Balaban J connectivity index is 2.66. The first-order valence-electron chi connectivity index (χ1n) is 5.06. The monoisotopic (exact) mass is 244 g/mol. The molecular weight excluding hydrogens is 231 g/mol. The van der Waals surface area contributed by atoms with E-state index in [1.54, 1.807) is 0 Å². The Kier molecular flexibility index (Phi) is 4.71. The highest BCUT2D eigenvalue weighted by Gasteiger charge is 2.12. The molecule has 0 radical (unpaired) electrons. The highest BCUT2D eigenvalue weighted by atomic mass is 35.5. The number of hydrogen-bond donors (Lipinski definition) is 2. The van der Waals surface area contributed by atoms with E-state index >= 15 is 0 Å². The summed E-state index contributed by atoms with van der Waals surface area (Å²) < 4.78 is 13.1. The Bertz CT molecular complexity index is 384. The molecule has 0 aliphatic rings. The molecule has 88 valence electrons. The number of carbonyl (C=O) groups excluding carboxylic acids is 1. The van der Waals surface area contributed by atoms with Crippen molar-refractivity contribution in [3.8, 4) is 0 Å². The van der Waals surface area contributed by atoms with Crippen LogP contribution in [0.4, 0.5) is 10.1 Å². The molecule has 0 saturated heterocycles. The first-order chi connectivity index (χ1) is 7.54. The minimum absolute atomic E-state index is 0.0239. The highest BCUT2D eigenvalue weighted by molar-refractivity contribution is 6.30. The molecule has 1 rings (SSSR count). The maximum absolute atomic E-state index is 13.1. The number of hydrogen-bond acceptors (Lipinski definition) is 2. The maximum atomic E-state index is 13.1. The van der Waals surface area contributed by atoms with Crippen molar-refractivity contribution >= 4 is 23.2 Å². The van der Waals surface area contributed by atoms with Gasteiger partial charge in [-0.15, -0.1) is 0 Å². The number of carbonyl (C=O) groups is 1. The minimum Gasteiger partial charge on any atom is -0.325 e. The topological polar surface area (TPSA) is 55.1 Å². The summed E-state index contributed by atoms with van der Waals surface area (Å²) in [6.45, 7) is 1.94. The lowest BCUT2D eigenvalue weighted by molar-refractivity contribution is -0.117. The molecule has 0 aliphatic heterocycles. The van der Waals surface area contributed by atoms with Crippen molar-refractivity contribution in [3.05, 3.63) is 29.0 Å². The van der Waals surface area contributed by atoms with Gasteiger partial charge in [-0.3, -0.25) is 4.79 Å². The van der Waals surface area contributed by atoms with Crippen molar-refractivity contribution in [2.24, 2.45) is 5.73 Å². The quantitative estimate of drug-likeness (QED) is 0.855. The highest BCUT2D eigenvalue weighted by Crippen LogP contribution is 2.18. The maximum Gasteiger partial charge on any atom is 0.241 e. The lowest BCUT2D eigenvalue weighted by Crippen LogP contribution is -2.35. The summed E-state index contributed by atoms with van der Waals surface area (Å²) in [5.41, 5.74) is 5.97. The molecule has 0 spiro atoms. The van der Waals surface area contributed by atoms with Crippen molar-refractivity contribution in [3.63, 3.8) is 0 Å². The molecule has 1 unspecified atom stereocenters. The number of anilines is 1. The molecule has 0 bridgehead atoms. The predicted octanol–water partition coefficient (Wildman–Crippen LogP) is 2.55. The minimum atomic E-state index is -0.566. The van der Waals surface area contributed by atoms with E-state index < -0.39 is 11.9 Å². The molecule has 1 aromatic rings. The Morgan fingerprint density at radius 2 is 2.31 bits per heavy atom. The van der Waals surface area contributed by atoms with Crippen LogP contribution in [0.25, 0.3) is 0 Å². The normalized spacial score (nSPS) is 12.2. The van der Waals surface area contributed by atoms with Crippen LogP contribution in [-0.2, 0) is 4.79 Å². The van der Waals surface area contributed by atoms with Crippen LogP contribution in [0, 0.1) is 5.82 Å². The van der Waals surface area contributed by atoms with Crippen LogP contribution in [0.1, 0.15) is 19.8 Å². The fraction of sp³-hybridized carbons (Fsp3) is 0.364. The van der Waals surface area contributed by atoms with Crippen molar-refractivity contribution in [2.75, 3.05) is 5.32 Å². The second kappa shape index (κ2) is 5.82. The molecule has 5 heteroatoms. The third-order valence-electron chi connectivity index (χ3n) is 2.12. The molecule has 3 N–H and O–H groups in total. The summed E-state index contributed by atoms with van der Waals surface area (Å²) in [5, 5.41) is 2.56. The van der Waals surface area contributed by atoms with Gasteiger partial charge in [-0.25, -0.2) is 4.39 Å². The van der Waals surface area contributed by atoms with Gasteiger partial charge < -0.3 is 11.1 Å². The summed E-state index contributed by atoms with van der Waals surface area (Å²) in [5.74, 6) is -0.882. The van der Waals surface area contributed by atoms with Gasteiger partial charge in [-0.2, -0.15) is 0 Å². The average molecular weight is 245 g/mol. The standard InChI is InChI=1S/C11H14ClFN2O/c1-2-3-10(14)11(16)15-7-4-5-8(12)9(13)6-7/h4-6,10H,2-3,14H2,1H3,(H,15,16). The van der Waals surface area contributed by atoms with Crippen LogP contribution in [0.5, 0.6) is 0 Å².